The lowest BCUT2D eigenvalue weighted by Gasteiger charge is -2.31. The van der Waals surface area contributed by atoms with E-state index in [1.165, 1.54) is 31.4 Å². The highest BCUT2D eigenvalue weighted by Gasteiger charge is 2.30. The summed E-state index contributed by atoms with van der Waals surface area (Å²) < 4.78 is 18.4. The van der Waals surface area contributed by atoms with Gasteiger partial charge in [0.2, 0.25) is 11.8 Å². The highest BCUT2D eigenvalue weighted by molar-refractivity contribution is 5.85. The maximum absolute atomic E-state index is 13.3. The molecule has 1 aromatic rings. The Morgan fingerprint density at radius 2 is 1.84 bits per heavy atom. The zero-order valence-corrected chi connectivity index (χ0v) is 18.7. The fraction of sp³-hybridized carbons (Fsp3) is 0.667. The van der Waals surface area contributed by atoms with E-state index in [4.69, 9.17) is 4.74 Å². The lowest BCUT2D eigenvalue weighted by atomic mass is 9.81. The summed E-state index contributed by atoms with van der Waals surface area (Å²) in [7, 11) is 1.81. The normalized spacial score (nSPS) is 18.5. The molecule has 3 rings (SSSR count). The molecule has 0 spiro atoms. The third-order valence-corrected chi connectivity index (χ3v) is 6.47. The molecule has 172 valence electrons. The largest absolute Gasteiger partial charge is 0.383 e. The Kier molecular flexibility index (Phi) is 9.13. The van der Waals surface area contributed by atoms with Crippen molar-refractivity contribution in [1.29, 1.82) is 0 Å². The average molecular weight is 434 g/mol. The van der Waals surface area contributed by atoms with E-state index in [-0.39, 0.29) is 30.0 Å². The van der Waals surface area contributed by atoms with Crippen LogP contribution in [0, 0.1) is 17.7 Å². The average Bonchev–Trinajstić information content (AvgIpc) is 2.80. The first-order chi connectivity index (χ1) is 15.0. The van der Waals surface area contributed by atoms with Crippen LogP contribution in [0.25, 0.3) is 0 Å². The van der Waals surface area contributed by atoms with Gasteiger partial charge in [0.05, 0.1) is 13.2 Å². The second-order valence-electron chi connectivity index (χ2n) is 8.83. The predicted octanol–water partition coefficient (Wildman–Crippen LogP) is 3.53. The van der Waals surface area contributed by atoms with Gasteiger partial charge in [-0.3, -0.25) is 9.59 Å². The van der Waals surface area contributed by atoms with Gasteiger partial charge in [-0.15, -0.1) is 0 Å². The van der Waals surface area contributed by atoms with Gasteiger partial charge in [-0.05, 0) is 36.6 Å². The molecule has 6 nitrogen and oxygen atoms in total. The number of likely N-dealkylation sites (N-methyl/N-ethyl adjacent to an activating group) is 1. The molecule has 2 amide bonds. The van der Waals surface area contributed by atoms with Crippen molar-refractivity contribution in [2.45, 2.75) is 44.9 Å². The topological polar surface area (TPSA) is 61.9 Å². The number of amides is 2. The van der Waals surface area contributed by atoms with E-state index in [1.807, 2.05) is 11.9 Å². The van der Waals surface area contributed by atoms with Crippen LogP contribution in [0.2, 0.25) is 0 Å². The quantitative estimate of drug-likeness (QED) is 0.647. The number of nitrogens with zero attached hydrogens (tertiary/aromatic N) is 2. The molecular formula is C24H36FN3O3. The van der Waals surface area contributed by atoms with E-state index in [9.17, 15) is 14.0 Å². The highest BCUT2D eigenvalue weighted by Crippen LogP contribution is 2.31. The fourth-order valence-corrected chi connectivity index (χ4v) is 4.61. The van der Waals surface area contributed by atoms with Crippen molar-refractivity contribution in [3.8, 4) is 0 Å². The van der Waals surface area contributed by atoms with Crippen LogP contribution in [0.1, 0.15) is 44.9 Å². The molecule has 1 aliphatic carbocycles. The van der Waals surface area contributed by atoms with Crippen molar-refractivity contribution in [3.63, 3.8) is 0 Å². The molecule has 1 heterocycles. The molecule has 1 saturated heterocycles. The lowest BCUT2D eigenvalue weighted by molar-refractivity contribution is -0.143. The standard InChI is InChI=1S/C24H36FN3O3/c1-27(12-11-26-22-9-7-21(25)8-10-22)24(30)20(17-19-5-3-2-4-6-19)18-23(29)28-13-15-31-16-14-28/h7-10,19-20,26H,2-6,11-18H2,1H3/t20-/m1/s1. The summed E-state index contributed by atoms with van der Waals surface area (Å²) in [5.41, 5.74) is 0.823. The smallest absolute Gasteiger partial charge is 0.226 e. The fourth-order valence-electron chi connectivity index (χ4n) is 4.61. The van der Waals surface area contributed by atoms with E-state index >= 15 is 0 Å². The Morgan fingerprint density at radius 3 is 2.52 bits per heavy atom. The third-order valence-electron chi connectivity index (χ3n) is 6.47. The van der Waals surface area contributed by atoms with Gasteiger partial charge in [-0.25, -0.2) is 4.39 Å². The van der Waals surface area contributed by atoms with E-state index in [1.54, 1.807) is 17.0 Å². The number of hydrogen-bond donors (Lipinski definition) is 1. The summed E-state index contributed by atoms with van der Waals surface area (Å²) in [5, 5.41) is 3.22. The third kappa shape index (κ3) is 7.49. The molecule has 1 atom stereocenters. The van der Waals surface area contributed by atoms with Gasteiger partial charge in [0.15, 0.2) is 0 Å². The molecular weight excluding hydrogens is 397 g/mol. The van der Waals surface area contributed by atoms with Crippen LogP contribution in [-0.4, -0.2) is 68.1 Å². The summed E-state index contributed by atoms with van der Waals surface area (Å²) in [4.78, 5) is 29.7. The number of anilines is 1. The van der Waals surface area contributed by atoms with Gasteiger partial charge < -0.3 is 19.9 Å². The molecule has 1 N–H and O–H groups in total. The summed E-state index contributed by atoms with van der Waals surface area (Å²) >= 11 is 0. The second-order valence-corrected chi connectivity index (χ2v) is 8.83. The molecule has 7 heteroatoms. The molecule has 1 aliphatic heterocycles. The van der Waals surface area contributed by atoms with E-state index in [2.05, 4.69) is 5.32 Å². The number of halogens is 1. The Morgan fingerprint density at radius 1 is 1.16 bits per heavy atom. The number of ether oxygens (including phenoxy) is 1. The van der Waals surface area contributed by atoms with Gasteiger partial charge in [0.1, 0.15) is 5.82 Å². The molecule has 0 radical (unpaired) electrons. The monoisotopic (exact) mass is 433 g/mol. The SMILES string of the molecule is CN(CCNc1ccc(F)cc1)C(=O)[C@@H](CC(=O)N1CCOCC1)CC1CCCCC1. The maximum Gasteiger partial charge on any atom is 0.226 e. The van der Waals surface area contributed by atoms with Gasteiger partial charge in [0.25, 0.3) is 0 Å². The first-order valence-electron chi connectivity index (χ1n) is 11.6. The highest BCUT2D eigenvalue weighted by atomic mass is 19.1. The number of hydrogen-bond acceptors (Lipinski definition) is 4. The van der Waals surface area contributed by atoms with Crippen molar-refractivity contribution < 1.29 is 18.7 Å². The van der Waals surface area contributed by atoms with Crippen LogP contribution in [0.3, 0.4) is 0 Å². The van der Waals surface area contributed by atoms with Gasteiger partial charge >= 0.3 is 0 Å². The molecule has 1 saturated carbocycles. The number of carbonyl (C=O) groups is 2. The first-order valence-corrected chi connectivity index (χ1v) is 11.6. The van der Waals surface area contributed by atoms with Crippen molar-refractivity contribution in [2.24, 2.45) is 11.8 Å². The first kappa shape index (κ1) is 23.5. The Labute approximate surface area is 185 Å². The van der Waals surface area contributed by atoms with E-state index in [0.717, 1.165) is 24.9 Å². The second kappa shape index (κ2) is 12.0. The van der Waals surface area contributed by atoms with Gasteiger partial charge in [-0.2, -0.15) is 0 Å². The molecule has 0 bridgehead atoms. The lowest BCUT2D eigenvalue weighted by Crippen LogP contribution is -2.44. The van der Waals surface area contributed by atoms with Crippen LogP contribution in [0.4, 0.5) is 10.1 Å². The summed E-state index contributed by atoms with van der Waals surface area (Å²) in [5.74, 6) is 0.108. The summed E-state index contributed by atoms with van der Waals surface area (Å²) in [6, 6.07) is 6.19. The number of benzene rings is 1. The zero-order chi connectivity index (χ0) is 22.1. The number of carbonyl (C=O) groups excluding carboxylic acids is 2. The minimum Gasteiger partial charge on any atom is -0.383 e. The van der Waals surface area contributed by atoms with Gasteiger partial charge in [-0.1, -0.05) is 32.1 Å². The number of morpholine rings is 1. The molecule has 2 aliphatic rings. The Hall–Kier alpha value is -2.15. The van der Waals surface area contributed by atoms with Crippen LogP contribution >= 0.6 is 0 Å². The molecule has 0 unspecified atom stereocenters. The predicted molar refractivity (Wildman–Crippen MR) is 119 cm³/mol. The Balaban J connectivity index is 1.55. The summed E-state index contributed by atoms with van der Waals surface area (Å²) in [6.45, 7) is 3.47. The number of rotatable bonds is 9. The van der Waals surface area contributed by atoms with Crippen molar-refractivity contribution in [3.05, 3.63) is 30.1 Å². The van der Waals surface area contributed by atoms with Crippen molar-refractivity contribution in [1.82, 2.24) is 9.80 Å². The van der Waals surface area contributed by atoms with Crippen LogP contribution < -0.4 is 5.32 Å². The Bertz CT molecular complexity index is 701. The minimum absolute atomic E-state index is 0.0492. The molecule has 0 aromatic heterocycles. The maximum atomic E-state index is 13.3. The molecule has 1 aromatic carbocycles. The van der Waals surface area contributed by atoms with E-state index in [0.29, 0.717) is 45.3 Å². The zero-order valence-electron chi connectivity index (χ0n) is 18.7. The summed E-state index contributed by atoms with van der Waals surface area (Å²) in [6.07, 6.45) is 7.12. The van der Waals surface area contributed by atoms with Crippen molar-refractivity contribution >= 4 is 17.5 Å². The van der Waals surface area contributed by atoms with Crippen molar-refractivity contribution in [2.75, 3.05) is 51.8 Å². The van der Waals surface area contributed by atoms with Crippen LogP contribution in [0.5, 0.6) is 0 Å². The molecule has 31 heavy (non-hydrogen) atoms. The van der Waals surface area contributed by atoms with Crippen LogP contribution in [0.15, 0.2) is 24.3 Å². The minimum atomic E-state index is -0.270. The van der Waals surface area contributed by atoms with Crippen LogP contribution in [-0.2, 0) is 14.3 Å². The molecule has 2 fully saturated rings. The van der Waals surface area contributed by atoms with E-state index < -0.39 is 0 Å². The van der Waals surface area contributed by atoms with Gasteiger partial charge in [0, 0.05) is 51.3 Å². The number of nitrogens with one attached hydrogen (secondary N) is 1.